The number of hydrogen-bond acceptors (Lipinski definition) is 6. The van der Waals surface area contributed by atoms with Crippen LogP contribution in [0.4, 0.5) is 10.1 Å². The molecule has 0 unspecified atom stereocenters. The van der Waals surface area contributed by atoms with Crippen LogP contribution in [-0.4, -0.2) is 38.0 Å². The second kappa shape index (κ2) is 9.82. The number of ether oxygens (including phenoxy) is 3. The van der Waals surface area contributed by atoms with Gasteiger partial charge in [-0.15, -0.1) is 11.8 Å². The molecule has 1 amide bonds. The molecule has 0 fully saturated rings. The van der Waals surface area contributed by atoms with Crippen molar-refractivity contribution in [2.75, 3.05) is 25.3 Å². The van der Waals surface area contributed by atoms with Crippen molar-refractivity contribution in [2.45, 2.75) is 17.9 Å². The van der Waals surface area contributed by atoms with E-state index in [-0.39, 0.29) is 5.75 Å². The van der Waals surface area contributed by atoms with Gasteiger partial charge in [-0.05, 0) is 31.2 Å². The van der Waals surface area contributed by atoms with Crippen LogP contribution in [0.5, 0.6) is 11.5 Å². The molecule has 0 saturated carbocycles. The molecule has 1 N–H and O–H groups in total. The van der Waals surface area contributed by atoms with Crippen molar-refractivity contribution >= 4 is 29.3 Å². The average molecular weight is 393 g/mol. The molecule has 0 saturated heterocycles. The lowest BCUT2D eigenvalue weighted by molar-refractivity contribution is -0.150. The summed E-state index contributed by atoms with van der Waals surface area (Å²) in [4.78, 5) is 24.4. The first-order valence-corrected chi connectivity index (χ1v) is 9.03. The van der Waals surface area contributed by atoms with Gasteiger partial charge in [0.05, 0.1) is 20.0 Å². The summed E-state index contributed by atoms with van der Waals surface area (Å²) in [7, 11) is 3.00. The van der Waals surface area contributed by atoms with Crippen LogP contribution in [0.2, 0.25) is 0 Å². The zero-order valence-corrected chi connectivity index (χ0v) is 16.0. The van der Waals surface area contributed by atoms with Crippen molar-refractivity contribution in [3.8, 4) is 11.5 Å². The molecule has 0 aliphatic carbocycles. The number of rotatable bonds is 8. The molecule has 1 atom stereocenters. The summed E-state index contributed by atoms with van der Waals surface area (Å²) in [5.74, 6) is -0.629. The monoisotopic (exact) mass is 393 g/mol. The predicted octanol–water partition coefficient (Wildman–Crippen LogP) is 3.51. The summed E-state index contributed by atoms with van der Waals surface area (Å²) in [6.45, 7) is 1.46. The van der Waals surface area contributed by atoms with Crippen molar-refractivity contribution in [3.63, 3.8) is 0 Å². The van der Waals surface area contributed by atoms with Crippen LogP contribution >= 0.6 is 11.8 Å². The Kier molecular flexibility index (Phi) is 7.48. The molecule has 144 valence electrons. The number of carbonyl (C=O) groups excluding carboxylic acids is 2. The van der Waals surface area contributed by atoms with Crippen molar-refractivity contribution in [2.24, 2.45) is 0 Å². The third-order valence-electron chi connectivity index (χ3n) is 3.51. The summed E-state index contributed by atoms with van der Waals surface area (Å²) in [5, 5.41) is 2.64. The van der Waals surface area contributed by atoms with Gasteiger partial charge < -0.3 is 19.5 Å². The maximum absolute atomic E-state index is 13.5. The first-order chi connectivity index (χ1) is 12.9. The van der Waals surface area contributed by atoms with E-state index in [2.05, 4.69) is 5.32 Å². The molecule has 8 heteroatoms. The van der Waals surface area contributed by atoms with E-state index in [1.807, 2.05) is 0 Å². The second-order valence-corrected chi connectivity index (χ2v) is 6.43. The molecule has 0 aliphatic rings. The lowest BCUT2D eigenvalue weighted by Crippen LogP contribution is -2.30. The summed E-state index contributed by atoms with van der Waals surface area (Å²) < 4.78 is 28.9. The zero-order valence-electron chi connectivity index (χ0n) is 15.2. The van der Waals surface area contributed by atoms with Gasteiger partial charge in [-0.2, -0.15) is 0 Å². The number of thioether (sulfide) groups is 1. The van der Waals surface area contributed by atoms with Crippen LogP contribution in [0.3, 0.4) is 0 Å². The smallest absolute Gasteiger partial charge is 0.317 e. The third kappa shape index (κ3) is 5.89. The normalized spacial score (nSPS) is 11.4. The lowest BCUT2D eigenvalue weighted by atomic mass is 10.2. The van der Waals surface area contributed by atoms with Crippen LogP contribution in [0.15, 0.2) is 47.4 Å². The molecule has 6 nitrogen and oxygen atoms in total. The van der Waals surface area contributed by atoms with Gasteiger partial charge in [-0.3, -0.25) is 9.59 Å². The largest absolute Gasteiger partial charge is 0.493 e. The average Bonchev–Trinajstić information content (AvgIpc) is 2.67. The molecule has 0 heterocycles. The number of benzene rings is 2. The Bertz CT molecular complexity index is 814. The lowest BCUT2D eigenvalue weighted by Gasteiger charge is -2.15. The Hall–Kier alpha value is -2.74. The van der Waals surface area contributed by atoms with Crippen molar-refractivity contribution in [3.05, 3.63) is 48.3 Å². The molecule has 0 spiro atoms. The van der Waals surface area contributed by atoms with Crippen LogP contribution in [0.1, 0.15) is 6.92 Å². The Morgan fingerprint density at radius 3 is 2.48 bits per heavy atom. The van der Waals surface area contributed by atoms with E-state index in [1.54, 1.807) is 36.4 Å². The fourth-order valence-electron chi connectivity index (χ4n) is 2.14. The first kappa shape index (κ1) is 20.6. The van der Waals surface area contributed by atoms with E-state index in [0.717, 1.165) is 11.8 Å². The number of anilines is 1. The highest BCUT2D eigenvalue weighted by Crippen LogP contribution is 2.29. The fourth-order valence-corrected chi connectivity index (χ4v) is 2.86. The predicted molar refractivity (Wildman–Crippen MR) is 101 cm³/mol. The summed E-state index contributed by atoms with van der Waals surface area (Å²) in [6.07, 6.45) is -1.01. The van der Waals surface area contributed by atoms with Gasteiger partial charge >= 0.3 is 5.97 Å². The van der Waals surface area contributed by atoms with Crippen LogP contribution < -0.4 is 14.8 Å². The number of amides is 1. The molecule has 0 radical (unpaired) electrons. The van der Waals surface area contributed by atoms with Crippen molar-refractivity contribution in [1.82, 2.24) is 0 Å². The quantitative estimate of drug-likeness (QED) is 0.547. The van der Waals surface area contributed by atoms with E-state index >= 15 is 0 Å². The van der Waals surface area contributed by atoms with Gasteiger partial charge in [-0.25, -0.2) is 4.39 Å². The summed E-state index contributed by atoms with van der Waals surface area (Å²) >= 11 is 1.01. The van der Waals surface area contributed by atoms with Gasteiger partial charge in [-0.1, -0.05) is 12.1 Å². The van der Waals surface area contributed by atoms with Crippen molar-refractivity contribution in [1.29, 1.82) is 0 Å². The van der Waals surface area contributed by atoms with Crippen LogP contribution in [-0.2, 0) is 14.3 Å². The number of hydrogen-bond donors (Lipinski definition) is 1. The molecule has 0 aromatic heterocycles. The molecular formula is C19H20FNO5S. The highest BCUT2D eigenvalue weighted by atomic mass is 32.2. The van der Waals surface area contributed by atoms with Crippen molar-refractivity contribution < 1.29 is 28.2 Å². The van der Waals surface area contributed by atoms with Gasteiger partial charge in [0.25, 0.3) is 5.91 Å². The summed E-state index contributed by atoms with van der Waals surface area (Å²) in [6, 6.07) is 11.0. The number of nitrogens with one attached hydrogen (secondary N) is 1. The van der Waals surface area contributed by atoms with Gasteiger partial charge in [0, 0.05) is 16.6 Å². The topological polar surface area (TPSA) is 73.9 Å². The molecule has 2 aromatic carbocycles. The molecule has 0 aliphatic heterocycles. The van der Waals surface area contributed by atoms with E-state index in [4.69, 9.17) is 14.2 Å². The minimum Gasteiger partial charge on any atom is -0.493 e. The van der Waals surface area contributed by atoms with E-state index in [9.17, 15) is 14.0 Å². The van der Waals surface area contributed by atoms with Crippen LogP contribution in [0, 0.1) is 5.82 Å². The Balaban J connectivity index is 1.87. The maximum Gasteiger partial charge on any atom is 0.317 e. The standard InChI is InChI=1S/C19H20FNO5S/c1-12(26-18(22)11-27-17-7-5-4-6-14(17)20)19(23)21-13-8-9-15(24-2)16(10-13)25-3/h4-10,12H,11H2,1-3H3,(H,21,23)/t12-/m1/s1. The molecule has 2 aromatic rings. The zero-order chi connectivity index (χ0) is 19.8. The summed E-state index contributed by atoms with van der Waals surface area (Å²) in [5.41, 5.74) is 0.473. The number of carbonyl (C=O) groups is 2. The van der Waals surface area contributed by atoms with E-state index in [0.29, 0.717) is 22.1 Å². The minimum atomic E-state index is -1.01. The maximum atomic E-state index is 13.5. The molecule has 2 rings (SSSR count). The molecule has 0 bridgehead atoms. The second-order valence-electron chi connectivity index (χ2n) is 5.41. The number of esters is 1. The van der Waals surface area contributed by atoms with Crippen LogP contribution in [0.25, 0.3) is 0 Å². The Labute approximate surface area is 161 Å². The first-order valence-electron chi connectivity index (χ1n) is 8.04. The molecular weight excluding hydrogens is 373 g/mol. The highest BCUT2D eigenvalue weighted by molar-refractivity contribution is 8.00. The third-order valence-corrected chi connectivity index (χ3v) is 4.53. The Morgan fingerprint density at radius 2 is 1.81 bits per heavy atom. The van der Waals surface area contributed by atoms with E-state index < -0.39 is 23.8 Å². The number of halogens is 1. The molecule has 27 heavy (non-hydrogen) atoms. The van der Waals surface area contributed by atoms with E-state index in [1.165, 1.54) is 27.2 Å². The highest BCUT2D eigenvalue weighted by Gasteiger charge is 2.19. The van der Waals surface area contributed by atoms with Gasteiger partial charge in [0.2, 0.25) is 0 Å². The Morgan fingerprint density at radius 1 is 1.11 bits per heavy atom. The minimum absolute atomic E-state index is 0.102. The fraction of sp³-hybridized carbons (Fsp3) is 0.263. The SMILES string of the molecule is COc1ccc(NC(=O)[C@@H](C)OC(=O)CSc2ccccc2F)cc1OC. The van der Waals surface area contributed by atoms with Gasteiger partial charge in [0.15, 0.2) is 17.6 Å². The van der Waals surface area contributed by atoms with Gasteiger partial charge in [0.1, 0.15) is 5.82 Å². The number of methoxy groups -OCH3 is 2.